The van der Waals surface area contributed by atoms with Gasteiger partial charge in [-0.25, -0.2) is 0 Å². The Balaban J connectivity index is 2.07. The van der Waals surface area contributed by atoms with Crippen LogP contribution in [0.2, 0.25) is 0 Å². The molecular weight excluding hydrogens is 262 g/mol. The number of rotatable bonds is 6. The highest BCUT2D eigenvalue weighted by Gasteiger charge is 2.15. The van der Waals surface area contributed by atoms with Crippen LogP contribution in [0.25, 0.3) is 11.0 Å². The molecule has 108 valence electrons. The van der Waals surface area contributed by atoms with Gasteiger partial charge < -0.3 is 21.1 Å². The number of nitrogens with two attached hydrogens (primary N) is 1. The molecule has 0 aliphatic rings. The second kappa shape index (κ2) is 6.15. The summed E-state index contributed by atoms with van der Waals surface area (Å²) >= 11 is 0. The van der Waals surface area contributed by atoms with Crippen LogP contribution in [0.5, 0.6) is 0 Å². The molecule has 2 aromatic rings. The number of nitrogens with zero attached hydrogens (tertiary/aromatic N) is 3. The molecule has 0 saturated heterocycles. The first-order valence-corrected chi connectivity index (χ1v) is 6.11. The maximum Gasteiger partial charge on any atom is 0.242 e. The number of H-pyrrole nitrogens is 1. The average Bonchev–Trinajstić information content (AvgIpc) is 2.86. The molecule has 1 atom stereocenters. The number of methoxy groups -OCH3 is 1. The zero-order valence-corrected chi connectivity index (χ0v) is 11.3. The summed E-state index contributed by atoms with van der Waals surface area (Å²) in [6.45, 7) is 2.64. The van der Waals surface area contributed by atoms with Gasteiger partial charge in [-0.1, -0.05) is 0 Å². The number of fused-ring (bicyclic) bond motifs is 1. The summed E-state index contributed by atoms with van der Waals surface area (Å²) in [4.78, 5) is 19.9. The van der Waals surface area contributed by atoms with E-state index in [-0.39, 0.29) is 11.9 Å². The van der Waals surface area contributed by atoms with Crippen LogP contribution >= 0.6 is 0 Å². The fraction of sp³-hybridized carbons (Fsp3) is 0.455. The second-order valence-corrected chi connectivity index (χ2v) is 4.21. The van der Waals surface area contributed by atoms with E-state index in [0.29, 0.717) is 30.0 Å². The summed E-state index contributed by atoms with van der Waals surface area (Å²) in [6, 6.07) is -0.473. The van der Waals surface area contributed by atoms with E-state index in [2.05, 4.69) is 30.8 Å². The number of ether oxygens (including phenoxy) is 1. The highest BCUT2D eigenvalue weighted by molar-refractivity contribution is 5.90. The first-order valence-electron chi connectivity index (χ1n) is 6.11. The molecule has 1 amide bonds. The van der Waals surface area contributed by atoms with Gasteiger partial charge in [-0.3, -0.25) is 9.89 Å². The number of nitrogen functional groups attached to an aromatic ring is 1. The van der Waals surface area contributed by atoms with Gasteiger partial charge in [-0.05, 0) is 6.92 Å². The van der Waals surface area contributed by atoms with E-state index in [1.807, 2.05) is 0 Å². The highest BCUT2D eigenvalue weighted by Crippen LogP contribution is 2.19. The zero-order chi connectivity index (χ0) is 14.5. The first kappa shape index (κ1) is 14.0. The summed E-state index contributed by atoms with van der Waals surface area (Å²) in [5.74, 6) is 0.419. The van der Waals surface area contributed by atoms with Crippen molar-refractivity contribution in [2.45, 2.75) is 13.0 Å². The molecule has 0 aliphatic heterocycles. The third kappa shape index (κ3) is 3.12. The lowest BCUT2D eigenvalue weighted by molar-refractivity contribution is -0.121. The Kier molecular flexibility index (Phi) is 4.31. The van der Waals surface area contributed by atoms with Gasteiger partial charge in [0.05, 0.1) is 18.2 Å². The minimum atomic E-state index is -0.473. The van der Waals surface area contributed by atoms with Crippen LogP contribution < -0.4 is 16.4 Å². The second-order valence-electron chi connectivity index (χ2n) is 4.21. The molecule has 0 fully saturated rings. The number of aromatic amines is 1. The van der Waals surface area contributed by atoms with Crippen LogP contribution in [0.15, 0.2) is 6.20 Å². The van der Waals surface area contributed by atoms with Crippen molar-refractivity contribution in [1.29, 1.82) is 0 Å². The number of carbonyl (C=O) groups excluding carboxylic acids is 1. The molecule has 9 nitrogen and oxygen atoms in total. The molecule has 2 aromatic heterocycles. The minimum absolute atomic E-state index is 0.108. The van der Waals surface area contributed by atoms with Crippen LogP contribution in [-0.4, -0.2) is 52.4 Å². The van der Waals surface area contributed by atoms with Crippen LogP contribution in [-0.2, 0) is 9.53 Å². The van der Waals surface area contributed by atoms with Gasteiger partial charge >= 0.3 is 0 Å². The van der Waals surface area contributed by atoms with Crippen LogP contribution in [0.3, 0.4) is 0 Å². The van der Waals surface area contributed by atoms with E-state index in [1.165, 1.54) is 0 Å². The third-order valence-corrected chi connectivity index (χ3v) is 2.68. The lowest BCUT2D eigenvalue weighted by atomic mass is 10.3. The topological polar surface area (TPSA) is 131 Å². The van der Waals surface area contributed by atoms with Gasteiger partial charge in [0.25, 0.3) is 0 Å². The largest absolute Gasteiger partial charge is 0.383 e. The van der Waals surface area contributed by atoms with Gasteiger partial charge in [0.1, 0.15) is 11.9 Å². The SMILES string of the molecule is COCCNC(=O)C(C)Nc1nc(N)nc2[nH]ncc12. The molecule has 2 rings (SSSR count). The Hall–Kier alpha value is -2.42. The molecule has 0 aromatic carbocycles. The van der Waals surface area contributed by atoms with Gasteiger partial charge in [0.2, 0.25) is 11.9 Å². The Bertz CT molecular complexity index is 597. The summed E-state index contributed by atoms with van der Waals surface area (Å²) < 4.78 is 4.87. The Labute approximate surface area is 115 Å². The number of anilines is 2. The molecule has 2 heterocycles. The predicted molar refractivity (Wildman–Crippen MR) is 74.1 cm³/mol. The third-order valence-electron chi connectivity index (χ3n) is 2.68. The summed E-state index contributed by atoms with van der Waals surface area (Å²) in [5.41, 5.74) is 6.13. The van der Waals surface area contributed by atoms with Gasteiger partial charge in [0.15, 0.2) is 5.65 Å². The number of hydrogen-bond acceptors (Lipinski definition) is 7. The molecule has 0 aliphatic carbocycles. The fourth-order valence-corrected chi connectivity index (χ4v) is 1.66. The lowest BCUT2D eigenvalue weighted by Gasteiger charge is -2.15. The Morgan fingerprint density at radius 3 is 3.10 bits per heavy atom. The summed E-state index contributed by atoms with van der Waals surface area (Å²) in [7, 11) is 1.58. The molecule has 0 bridgehead atoms. The number of nitrogens with one attached hydrogen (secondary N) is 3. The van der Waals surface area contributed by atoms with Crippen molar-refractivity contribution in [3.05, 3.63) is 6.20 Å². The smallest absolute Gasteiger partial charge is 0.242 e. The Morgan fingerprint density at radius 1 is 1.55 bits per heavy atom. The number of aromatic nitrogens is 4. The molecule has 9 heteroatoms. The Morgan fingerprint density at radius 2 is 2.35 bits per heavy atom. The molecule has 0 spiro atoms. The number of hydrogen-bond donors (Lipinski definition) is 4. The van der Waals surface area contributed by atoms with E-state index in [1.54, 1.807) is 20.2 Å². The molecule has 0 radical (unpaired) electrons. The van der Waals surface area contributed by atoms with Crippen LogP contribution in [0, 0.1) is 0 Å². The quantitative estimate of drug-likeness (QED) is 0.524. The van der Waals surface area contributed by atoms with Gasteiger partial charge in [0, 0.05) is 13.7 Å². The molecule has 0 saturated carbocycles. The molecular formula is C11H17N7O2. The van der Waals surface area contributed by atoms with Crippen LogP contribution in [0.4, 0.5) is 11.8 Å². The van der Waals surface area contributed by atoms with Crippen molar-refractivity contribution in [2.24, 2.45) is 0 Å². The summed E-state index contributed by atoms with van der Waals surface area (Å²) in [6.07, 6.45) is 1.58. The molecule has 20 heavy (non-hydrogen) atoms. The lowest BCUT2D eigenvalue weighted by Crippen LogP contribution is -2.39. The van der Waals surface area contributed by atoms with Crippen molar-refractivity contribution in [3.8, 4) is 0 Å². The van der Waals surface area contributed by atoms with Crippen molar-refractivity contribution >= 4 is 28.7 Å². The van der Waals surface area contributed by atoms with E-state index in [9.17, 15) is 4.79 Å². The van der Waals surface area contributed by atoms with Gasteiger partial charge in [-0.15, -0.1) is 0 Å². The molecule has 5 N–H and O–H groups in total. The van der Waals surface area contributed by atoms with Crippen molar-refractivity contribution in [1.82, 2.24) is 25.5 Å². The van der Waals surface area contributed by atoms with E-state index in [4.69, 9.17) is 10.5 Å². The van der Waals surface area contributed by atoms with Crippen molar-refractivity contribution in [2.75, 3.05) is 31.3 Å². The standard InChI is InChI=1S/C11H17N7O2/c1-6(10(19)13-3-4-20-2)15-8-7-5-14-18-9(7)17-11(12)16-8/h5-6H,3-4H2,1-2H3,(H,13,19)(H4,12,14,15,16,17,18). The van der Waals surface area contributed by atoms with Crippen LogP contribution in [0.1, 0.15) is 6.92 Å². The number of carbonyl (C=O) groups is 1. The normalized spacial score (nSPS) is 12.3. The highest BCUT2D eigenvalue weighted by atomic mass is 16.5. The van der Waals surface area contributed by atoms with Gasteiger partial charge in [-0.2, -0.15) is 15.1 Å². The van der Waals surface area contributed by atoms with E-state index in [0.717, 1.165) is 0 Å². The number of amides is 1. The van der Waals surface area contributed by atoms with E-state index >= 15 is 0 Å². The minimum Gasteiger partial charge on any atom is -0.383 e. The van der Waals surface area contributed by atoms with Crippen molar-refractivity contribution in [3.63, 3.8) is 0 Å². The fourth-order valence-electron chi connectivity index (χ4n) is 1.66. The first-order chi connectivity index (χ1) is 9.61. The zero-order valence-electron chi connectivity index (χ0n) is 11.3. The van der Waals surface area contributed by atoms with Crippen molar-refractivity contribution < 1.29 is 9.53 Å². The van der Waals surface area contributed by atoms with E-state index < -0.39 is 6.04 Å². The predicted octanol–water partition coefficient (Wildman–Crippen LogP) is -0.502. The average molecular weight is 279 g/mol. The maximum absolute atomic E-state index is 11.9. The molecule has 1 unspecified atom stereocenters. The maximum atomic E-state index is 11.9. The monoisotopic (exact) mass is 279 g/mol. The summed E-state index contributed by atoms with van der Waals surface area (Å²) in [5, 5.41) is 13.0.